The van der Waals surface area contributed by atoms with Crippen molar-refractivity contribution in [2.24, 2.45) is 5.92 Å². The Kier molecular flexibility index (Phi) is 4.99. The summed E-state index contributed by atoms with van der Waals surface area (Å²) in [6, 6.07) is 10.4. The predicted molar refractivity (Wildman–Crippen MR) is 111 cm³/mol. The lowest BCUT2D eigenvalue weighted by Gasteiger charge is -2.34. The number of aromatic nitrogens is 3. The van der Waals surface area contributed by atoms with Crippen molar-refractivity contribution in [1.82, 2.24) is 19.9 Å². The number of nitrogens with one attached hydrogen (secondary N) is 1. The monoisotopic (exact) mass is 364 g/mol. The Morgan fingerprint density at radius 3 is 2.59 bits per heavy atom. The third-order valence-corrected chi connectivity index (χ3v) is 5.28. The number of hydrogen-bond donors (Lipinski definition) is 2. The van der Waals surface area contributed by atoms with Gasteiger partial charge >= 0.3 is 0 Å². The van der Waals surface area contributed by atoms with Crippen molar-refractivity contribution in [3.63, 3.8) is 0 Å². The van der Waals surface area contributed by atoms with Gasteiger partial charge in [-0.1, -0.05) is 44.2 Å². The van der Waals surface area contributed by atoms with Crippen LogP contribution < -0.4 is 16.0 Å². The summed E-state index contributed by atoms with van der Waals surface area (Å²) in [5.41, 5.74) is 12.8. The Hall–Kier alpha value is -2.60. The maximum Gasteiger partial charge on any atom is 0.179 e. The van der Waals surface area contributed by atoms with E-state index in [1.165, 1.54) is 11.4 Å². The van der Waals surface area contributed by atoms with Gasteiger partial charge in [0, 0.05) is 31.7 Å². The molecule has 1 fully saturated rings. The van der Waals surface area contributed by atoms with Gasteiger partial charge in [0.25, 0.3) is 0 Å². The van der Waals surface area contributed by atoms with Crippen LogP contribution in [-0.4, -0.2) is 40.8 Å². The maximum absolute atomic E-state index is 6.66. The summed E-state index contributed by atoms with van der Waals surface area (Å²) in [7, 11) is 0. The van der Waals surface area contributed by atoms with Gasteiger partial charge in [-0.15, -0.1) is 0 Å². The van der Waals surface area contributed by atoms with Crippen LogP contribution in [0.1, 0.15) is 26.0 Å². The third-order valence-electron chi connectivity index (χ3n) is 5.28. The number of aryl methyl sites for hydroxylation is 1. The molecule has 1 aliphatic rings. The summed E-state index contributed by atoms with van der Waals surface area (Å²) < 4.78 is 1.96. The fourth-order valence-corrected chi connectivity index (χ4v) is 3.88. The molecule has 6 nitrogen and oxygen atoms in total. The molecule has 27 heavy (non-hydrogen) atoms. The van der Waals surface area contributed by atoms with E-state index in [0.717, 1.165) is 55.8 Å². The number of nitrogens with zero attached hydrogens (tertiary/aromatic N) is 4. The predicted octanol–water partition coefficient (Wildman–Crippen LogP) is 2.98. The molecule has 1 aliphatic heterocycles. The lowest BCUT2D eigenvalue weighted by molar-refractivity contribution is 0.564. The molecule has 0 atom stereocenters. The van der Waals surface area contributed by atoms with Gasteiger partial charge < -0.3 is 16.0 Å². The number of benzene rings is 1. The molecule has 3 N–H and O–H groups in total. The summed E-state index contributed by atoms with van der Waals surface area (Å²) >= 11 is 0. The molecule has 0 spiro atoms. The molecule has 142 valence electrons. The summed E-state index contributed by atoms with van der Waals surface area (Å²) in [4.78, 5) is 6.94. The van der Waals surface area contributed by atoms with Crippen molar-refractivity contribution < 1.29 is 0 Å². The van der Waals surface area contributed by atoms with Gasteiger partial charge in [-0.05, 0) is 24.3 Å². The molecule has 0 saturated carbocycles. The van der Waals surface area contributed by atoms with Crippen LogP contribution in [0.2, 0.25) is 0 Å². The van der Waals surface area contributed by atoms with Gasteiger partial charge in [0.15, 0.2) is 5.65 Å². The standard InChI is InChI=1S/C21H28N6/c1-15(2)8-9-17-20(26-12-10-23-11-13-26)18(16-6-4-3-5-7-16)19(22)21-24-14-25-27(17)21/h3-7,14-15,23H,8-13,22H2,1-2H3. The molecule has 0 aliphatic carbocycles. The number of fused-ring (bicyclic) bond motifs is 1. The molecular weight excluding hydrogens is 336 g/mol. The zero-order valence-electron chi connectivity index (χ0n) is 16.2. The molecule has 0 bridgehead atoms. The SMILES string of the molecule is CC(C)CCc1c(N2CCNCC2)c(-c2ccccc2)c(N)c2ncnn12. The normalized spacial score (nSPS) is 15.0. The first-order valence-corrected chi connectivity index (χ1v) is 9.82. The molecule has 0 amide bonds. The molecule has 0 radical (unpaired) electrons. The van der Waals surface area contributed by atoms with Gasteiger partial charge in [0.2, 0.25) is 0 Å². The van der Waals surface area contributed by atoms with Crippen molar-refractivity contribution in [3.8, 4) is 11.1 Å². The van der Waals surface area contributed by atoms with Crippen LogP contribution >= 0.6 is 0 Å². The Labute approximate surface area is 160 Å². The highest BCUT2D eigenvalue weighted by atomic mass is 15.3. The van der Waals surface area contributed by atoms with E-state index in [1.54, 1.807) is 6.33 Å². The van der Waals surface area contributed by atoms with Gasteiger partial charge in [0.1, 0.15) is 6.33 Å². The molecule has 3 heterocycles. The summed E-state index contributed by atoms with van der Waals surface area (Å²) in [5.74, 6) is 0.622. The minimum atomic E-state index is 0.622. The first-order chi connectivity index (χ1) is 13.2. The number of nitrogen functional groups attached to an aromatic ring is 1. The first kappa shape index (κ1) is 17.8. The number of hydrogen-bond acceptors (Lipinski definition) is 5. The van der Waals surface area contributed by atoms with E-state index >= 15 is 0 Å². The van der Waals surface area contributed by atoms with Crippen molar-refractivity contribution in [3.05, 3.63) is 42.4 Å². The summed E-state index contributed by atoms with van der Waals surface area (Å²) in [6.07, 6.45) is 3.67. The van der Waals surface area contributed by atoms with Crippen LogP contribution in [0.4, 0.5) is 11.4 Å². The zero-order valence-corrected chi connectivity index (χ0v) is 16.2. The van der Waals surface area contributed by atoms with Crippen LogP contribution in [0.3, 0.4) is 0 Å². The van der Waals surface area contributed by atoms with Crippen molar-refractivity contribution in [1.29, 1.82) is 0 Å². The van der Waals surface area contributed by atoms with E-state index in [9.17, 15) is 0 Å². The third kappa shape index (κ3) is 3.37. The Balaban J connectivity index is 1.99. The molecular formula is C21H28N6. The highest BCUT2D eigenvalue weighted by Crippen LogP contribution is 2.41. The van der Waals surface area contributed by atoms with Gasteiger partial charge in [0.05, 0.1) is 17.1 Å². The smallest absolute Gasteiger partial charge is 0.179 e. The largest absolute Gasteiger partial charge is 0.395 e. The highest BCUT2D eigenvalue weighted by molar-refractivity contribution is 5.95. The Morgan fingerprint density at radius 2 is 1.89 bits per heavy atom. The second kappa shape index (κ2) is 7.56. The molecule has 1 saturated heterocycles. The van der Waals surface area contributed by atoms with Gasteiger partial charge in [-0.3, -0.25) is 0 Å². The fraction of sp³-hybridized carbons (Fsp3) is 0.429. The Bertz CT molecular complexity index is 909. The number of anilines is 2. The molecule has 3 aromatic rings. The fourth-order valence-electron chi connectivity index (χ4n) is 3.88. The minimum Gasteiger partial charge on any atom is -0.395 e. The van der Waals surface area contributed by atoms with E-state index in [-0.39, 0.29) is 0 Å². The second-order valence-electron chi connectivity index (χ2n) is 7.62. The summed E-state index contributed by atoms with van der Waals surface area (Å²) in [6.45, 7) is 8.42. The van der Waals surface area contributed by atoms with Crippen LogP contribution in [0.5, 0.6) is 0 Å². The quantitative estimate of drug-likeness (QED) is 0.728. The van der Waals surface area contributed by atoms with Crippen LogP contribution in [0.25, 0.3) is 16.8 Å². The first-order valence-electron chi connectivity index (χ1n) is 9.82. The molecule has 6 heteroatoms. The van der Waals surface area contributed by atoms with Crippen LogP contribution in [0.15, 0.2) is 36.7 Å². The van der Waals surface area contributed by atoms with Crippen LogP contribution in [0, 0.1) is 5.92 Å². The number of pyridine rings is 1. The molecule has 4 rings (SSSR count). The van der Waals surface area contributed by atoms with Crippen molar-refractivity contribution >= 4 is 17.0 Å². The lowest BCUT2D eigenvalue weighted by Crippen LogP contribution is -2.44. The van der Waals surface area contributed by atoms with Crippen LogP contribution in [-0.2, 0) is 6.42 Å². The number of nitrogens with two attached hydrogens (primary N) is 1. The topological polar surface area (TPSA) is 71.5 Å². The van der Waals surface area contributed by atoms with Crippen molar-refractivity contribution in [2.45, 2.75) is 26.7 Å². The number of piperazine rings is 1. The van der Waals surface area contributed by atoms with E-state index in [0.29, 0.717) is 11.6 Å². The maximum atomic E-state index is 6.66. The highest BCUT2D eigenvalue weighted by Gasteiger charge is 2.25. The second-order valence-corrected chi connectivity index (χ2v) is 7.62. The number of rotatable bonds is 5. The summed E-state index contributed by atoms with van der Waals surface area (Å²) in [5, 5.41) is 7.98. The van der Waals surface area contributed by atoms with E-state index in [4.69, 9.17) is 5.73 Å². The molecule has 2 aromatic heterocycles. The average molecular weight is 364 g/mol. The van der Waals surface area contributed by atoms with Gasteiger partial charge in [-0.2, -0.15) is 5.10 Å². The Morgan fingerprint density at radius 1 is 1.15 bits per heavy atom. The lowest BCUT2D eigenvalue weighted by atomic mass is 9.96. The molecule has 1 aromatic carbocycles. The van der Waals surface area contributed by atoms with E-state index < -0.39 is 0 Å². The molecule has 0 unspecified atom stereocenters. The average Bonchev–Trinajstić information content (AvgIpc) is 3.18. The minimum absolute atomic E-state index is 0.622. The van der Waals surface area contributed by atoms with E-state index in [1.807, 2.05) is 10.6 Å². The van der Waals surface area contributed by atoms with Gasteiger partial charge in [-0.25, -0.2) is 9.50 Å². The van der Waals surface area contributed by atoms with Crippen molar-refractivity contribution in [2.75, 3.05) is 36.8 Å². The van der Waals surface area contributed by atoms with E-state index in [2.05, 4.69) is 58.4 Å². The zero-order chi connectivity index (χ0) is 18.8.